The molecule has 2 N–H and O–H groups in total. The molecule has 5 heteroatoms. The number of hydrogen-bond acceptors (Lipinski definition) is 4. The zero-order valence-electron chi connectivity index (χ0n) is 12.6. The first kappa shape index (κ1) is 15.0. The van der Waals surface area contributed by atoms with Gasteiger partial charge >= 0.3 is 0 Å². The van der Waals surface area contributed by atoms with Crippen LogP contribution in [0.5, 0.6) is 0 Å². The minimum absolute atomic E-state index is 0.0123. The van der Waals surface area contributed by atoms with Crippen molar-refractivity contribution in [2.45, 2.75) is 25.1 Å². The molecule has 0 aromatic heterocycles. The van der Waals surface area contributed by atoms with Crippen molar-refractivity contribution >= 4 is 29.0 Å². The number of nitrogens with zero attached hydrogens (tertiary/aromatic N) is 2. The summed E-state index contributed by atoms with van der Waals surface area (Å²) in [5.74, 6) is 1.11. The third kappa shape index (κ3) is 2.87. The number of anilines is 2. The Kier molecular flexibility index (Phi) is 4.48. The molecule has 1 aliphatic heterocycles. The molecule has 0 bridgehead atoms. The Morgan fingerprint density at radius 2 is 2.10 bits per heavy atom. The monoisotopic (exact) mass is 293 g/mol. The van der Waals surface area contributed by atoms with Gasteiger partial charge in [-0.1, -0.05) is 6.92 Å². The minimum atomic E-state index is 0.0123. The number of benzene rings is 1. The smallest absolute Gasteiger partial charge is 0.253 e. The molecule has 1 aromatic carbocycles. The lowest BCUT2D eigenvalue weighted by Crippen LogP contribution is -2.45. The highest BCUT2D eigenvalue weighted by molar-refractivity contribution is 8.00. The molecular weight excluding hydrogens is 270 g/mol. The number of nitrogens with two attached hydrogens (primary N) is 1. The molecule has 1 amide bonds. The summed E-state index contributed by atoms with van der Waals surface area (Å²) < 4.78 is 0. The van der Waals surface area contributed by atoms with Crippen LogP contribution in [-0.4, -0.2) is 48.5 Å². The van der Waals surface area contributed by atoms with Crippen LogP contribution in [0, 0.1) is 0 Å². The molecule has 20 heavy (non-hydrogen) atoms. The fourth-order valence-corrected chi connectivity index (χ4v) is 3.56. The number of carbonyl (C=O) groups is 1. The maximum absolute atomic E-state index is 12.1. The molecule has 1 aromatic rings. The van der Waals surface area contributed by atoms with Gasteiger partial charge < -0.3 is 15.5 Å². The molecule has 0 radical (unpaired) electrons. The highest BCUT2D eigenvalue weighted by Gasteiger charge is 2.27. The van der Waals surface area contributed by atoms with Crippen LogP contribution in [0.15, 0.2) is 18.2 Å². The van der Waals surface area contributed by atoms with Crippen molar-refractivity contribution in [1.29, 1.82) is 0 Å². The van der Waals surface area contributed by atoms with Crippen LogP contribution in [0.2, 0.25) is 0 Å². The molecule has 2 rings (SSSR count). The number of hydrogen-bond donors (Lipinski definition) is 1. The van der Waals surface area contributed by atoms with E-state index in [4.69, 9.17) is 5.73 Å². The molecule has 2 unspecified atom stereocenters. The van der Waals surface area contributed by atoms with E-state index in [1.54, 1.807) is 25.1 Å². The first-order valence-corrected chi connectivity index (χ1v) is 7.96. The summed E-state index contributed by atoms with van der Waals surface area (Å²) in [6, 6.07) is 5.98. The number of thioether (sulfide) groups is 1. The van der Waals surface area contributed by atoms with E-state index in [2.05, 4.69) is 18.7 Å². The van der Waals surface area contributed by atoms with Crippen molar-refractivity contribution in [3.8, 4) is 0 Å². The van der Waals surface area contributed by atoms with E-state index in [0.29, 0.717) is 16.9 Å². The zero-order valence-corrected chi connectivity index (χ0v) is 13.4. The largest absolute Gasteiger partial charge is 0.397 e. The number of nitrogen functional groups attached to an aromatic ring is 1. The predicted octanol–water partition coefficient (Wildman–Crippen LogP) is 2.30. The first-order valence-electron chi connectivity index (χ1n) is 6.91. The van der Waals surface area contributed by atoms with E-state index in [0.717, 1.165) is 23.7 Å². The summed E-state index contributed by atoms with van der Waals surface area (Å²) >= 11 is 1.99. The summed E-state index contributed by atoms with van der Waals surface area (Å²) in [6.45, 7) is 5.43. The van der Waals surface area contributed by atoms with Gasteiger partial charge in [-0.3, -0.25) is 4.79 Å². The average Bonchev–Trinajstić information content (AvgIpc) is 2.42. The fourth-order valence-electron chi connectivity index (χ4n) is 2.46. The Labute approximate surface area is 125 Å². The van der Waals surface area contributed by atoms with E-state index in [1.165, 1.54) is 0 Å². The van der Waals surface area contributed by atoms with Gasteiger partial charge in [0, 0.05) is 43.2 Å². The third-order valence-corrected chi connectivity index (χ3v) is 5.21. The van der Waals surface area contributed by atoms with Gasteiger partial charge in [0.15, 0.2) is 0 Å². The van der Waals surface area contributed by atoms with Gasteiger partial charge in [0.2, 0.25) is 0 Å². The summed E-state index contributed by atoms with van der Waals surface area (Å²) in [5.41, 5.74) is 8.55. The highest BCUT2D eigenvalue weighted by Crippen LogP contribution is 2.33. The second kappa shape index (κ2) is 5.95. The summed E-state index contributed by atoms with van der Waals surface area (Å²) in [7, 11) is 3.53. The van der Waals surface area contributed by atoms with Gasteiger partial charge in [0.25, 0.3) is 5.91 Å². The Morgan fingerprint density at radius 3 is 2.75 bits per heavy atom. The molecule has 0 saturated carbocycles. The lowest BCUT2D eigenvalue weighted by molar-refractivity contribution is 0.0827. The van der Waals surface area contributed by atoms with Crippen molar-refractivity contribution < 1.29 is 4.79 Å². The van der Waals surface area contributed by atoms with Gasteiger partial charge in [-0.25, -0.2) is 0 Å². The van der Waals surface area contributed by atoms with Crippen molar-refractivity contribution in [2.75, 3.05) is 37.0 Å². The minimum Gasteiger partial charge on any atom is -0.397 e. The predicted molar refractivity (Wildman–Crippen MR) is 87.6 cm³/mol. The maximum atomic E-state index is 12.1. The summed E-state index contributed by atoms with van der Waals surface area (Å²) in [4.78, 5) is 16.0. The normalized spacial score (nSPS) is 22.7. The molecule has 1 fully saturated rings. The first-order chi connectivity index (χ1) is 9.41. The standard InChI is InChI=1S/C15H23N3OS/c1-10-11(2)20-8-7-18(10)14-9-12(5-6-13(14)16)15(19)17(3)4/h5-6,9-11H,7-8,16H2,1-4H3. The number of amides is 1. The van der Waals surface area contributed by atoms with Crippen LogP contribution in [0.25, 0.3) is 0 Å². The van der Waals surface area contributed by atoms with Gasteiger partial charge in [0.1, 0.15) is 0 Å². The molecular formula is C15H23N3OS. The lowest BCUT2D eigenvalue weighted by Gasteiger charge is -2.40. The number of carbonyl (C=O) groups excluding carboxylic acids is 1. The van der Waals surface area contributed by atoms with Gasteiger partial charge in [-0.05, 0) is 25.1 Å². The Bertz CT molecular complexity index is 504. The molecule has 2 atom stereocenters. The molecule has 0 aliphatic carbocycles. The van der Waals surface area contributed by atoms with Crippen molar-refractivity contribution in [2.24, 2.45) is 0 Å². The lowest BCUT2D eigenvalue weighted by atomic mass is 10.1. The molecule has 0 spiro atoms. The van der Waals surface area contributed by atoms with Crippen LogP contribution in [0.4, 0.5) is 11.4 Å². The third-order valence-electron chi connectivity index (χ3n) is 3.88. The molecule has 1 aliphatic rings. The van der Waals surface area contributed by atoms with Crippen LogP contribution >= 0.6 is 11.8 Å². The van der Waals surface area contributed by atoms with E-state index in [1.807, 2.05) is 23.9 Å². The van der Waals surface area contributed by atoms with Crippen LogP contribution in [0.3, 0.4) is 0 Å². The van der Waals surface area contributed by atoms with Crippen LogP contribution in [0.1, 0.15) is 24.2 Å². The van der Waals surface area contributed by atoms with Crippen molar-refractivity contribution in [3.05, 3.63) is 23.8 Å². The highest BCUT2D eigenvalue weighted by atomic mass is 32.2. The molecule has 1 heterocycles. The topological polar surface area (TPSA) is 49.6 Å². The van der Waals surface area contributed by atoms with E-state index >= 15 is 0 Å². The SMILES string of the molecule is CC1SCCN(c2cc(C(=O)N(C)C)ccc2N)C1C. The molecule has 4 nitrogen and oxygen atoms in total. The summed E-state index contributed by atoms with van der Waals surface area (Å²) in [6.07, 6.45) is 0. The average molecular weight is 293 g/mol. The Hall–Kier alpha value is -1.36. The van der Waals surface area contributed by atoms with E-state index in [9.17, 15) is 4.79 Å². The van der Waals surface area contributed by atoms with Crippen LogP contribution < -0.4 is 10.6 Å². The maximum Gasteiger partial charge on any atom is 0.253 e. The van der Waals surface area contributed by atoms with Crippen LogP contribution in [-0.2, 0) is 0 Å². The van der Waals surface area contributed by atoms with Crippen molar-refractivity contribution in [3.63, 3.8) is 0 Å². The van der Waals surface area contributed by atoms with E-state index < -0.39 is 0 Å². The van der Waals surface area contributed by atoms with Gasteiger partial charge in [0.05, 0.1) is 11.4 Å². The van der Waals surface area contributed by atoms with Gasteiger partial charge in [-0.2, -0.15) is 11.8 Å². The quantitative estimate of drug-likeness (QED) is 0.850. The second-order valence-electron chi connectivity index (χ2n) is 5.48. The fraction of sp³-hybridized carbons (Fsp3) is 0.533. The Morgan fingerprint density at radius 1 is 1.40 bits per heavy atom. The Balaban J connectivity index is 2.35. The van der Waals surface area contributed by atoms with Gasteiger partial charge in [-0.15, -0.1) is 0 Å². The molecule has 110 valence electrons. The van der Waals surface area contributed by atoms with E-state index in [-0.39, 0.29) is 5.91 Å². The zero-order chi connectivity index (χ0) is 14.9. The number of rotatable bonds is 2. The summed E-state index contributed by atoms with van der Waals surface area (Å²) in [5, 5.41) is 0.566. The molecule has 1 saturated heterocycles. The van der Waals surface area contributed by atoms with Crippen molar-refractivity contribution in [1.82, 2.24) is 4.90 Å². The second-order valence-corrected chi connectivity index (χ2v) is 6.97.